The molecule has 0 bridgehead atoms. The van der Waals surface area contributed by atoms with Crippen molar-refractivity contribution in [2.24, 2.45) is 0 Å². The Bertz CT molecular complexity index is 141. The lowest BCUT2D eigenvalue weighted by Gasteiger charge is -2.15. The second-order valence-corrected chi connectivity index (χ2v) is 5.22. The van der Waals surface area contributed by atoms with Crippen LogP contribution in [0.15, 0.2) is 12.7 Å². The normalized spacial score (nSPS) is 24.5. The van der Waals surface area contributed by atoms with E-state index in [1.54, 1.807) is 0 Å². The molecule has 0 saturated carbocycles. The number of rotatable bonds is 6. The third-order valence-electron chi connectivity index (χ3n) is 2.52. The van der Waals surface area contributed by atoms with Crippen molar-refractivity contribution in [3.8, 4) is 0 Å². The van der Waals surface area contributed by atoms with Gasteiger partial charge >= 0.3 is 0 Å². The predicted octanol–water partition coefficient (Wildman–Crippen LogP) is 2.83. The van der Waals surface area contributed by atoms with Crippen molar-refractivity contribution in [3.05, 3.63) is 12.7 Å². The minimum absolute atomic E-state index is 0.652. The molecule has 1 aliphatic rings. The van der Waals surface area contributed by atoms with E-state index in [0.717, 1.165) is 11.7 Å². The van der Waals surface area contributed by atoms with Gasteiger partial charge < -0.3 is 5.32 Å². The van der Waals surface area contributed by atoms with Crippen molar-refractivity contribution in [1.82, 2.24) is 5.32 Å². The highest BCUT2D eigenvalue weighted by molar-refractivity contribution is 8.00. The predicted molar refractivity (Wildman–Crippen MR) is 62.4 cm³/mol. The fraction of sp³-hybridized carbons (Fsp3) is 0.818. The molecule has 2 heteroatoms. The van der Waals surface area contributed by atoms with Crippen LogP contribution < -0.4 is 5.32 Å². The average molecular weight is 199 g/mol. The van der Waals surface area contributed by atoms with Crippen LogP contribution in [0.4, 0.5) is 0 Å². The second-order valence-electron chi connectivity index (χ2n) is 3.81. The van der Waals surface area contributed by atoms with Crippen molar-refractivity contribution in [2.45, 2.75) is 43.9 Å². The first-order chi connectivity index (χ1) is 6.33. The van der Waals surface area contributed by atoms with Gasteiger partial charge in [0.1, 0.15) is 0 Å². The van der Waals surface area contributed by atoms with Crippen LogP contribution in [0.25, 0.3) is 0 Å². The summed E-state index contributed by atoms with van der Waals surface area (Å²) in [7, 11) is 0. The zero-order valence-corrected chi connectivity index (χ0v) is 9.41. The molecule has 1 rings (SSSR count). The highest BCUT2D eigenvalue weighted by Gasteiger charge is 2.15. The van der Waals surface area contributed by atoms with Gasteiger partial charge in [0.25, 0.3) is 0 Å². The van der Waals surface area contributed by atoms with Crippen molar-refractivity contribution in [3.63, 3.8) is 0 Å². The Morgan fingerprint density at radius 2 is 2.54 bits per heavy atom. The first-order valence-electron chi connectivity index (χ1n) is 5.29. The van der Waals surface area contributed by atoms with Crippen molar-refractivity contribution >= 4 is 11.8 Å². The molecular weight excluding hydrogens is 178 g/mol. The first-order valence-corrected chi connectivity index (χ1v) is 6.33. The van der Waals surface area contributed by atoms with Gasteiger partial charge in [0.2, 0.25) is 0 Å². The van der Waals surface area contributed by atoms with E-state index in [9.17, 15) is 0 Å². The minimum atomic E-state index is 0.652. The Balaban J connectivity index is 1.99. The van der Waals surface area contributed by atoms with E-state index < -0.39 is 0 Å². The molecule has 1 heterocycles. The molecule has 0 radical (unpaired) electrons. The maximum absolute atomic E-state index is 3.74. The maximum Gasteiger partial charge on any atom is 0.0172 e. The summed E-state index contributed by atoms with van der Waals surface area (Å²) >= 11 is 2.13. The number of allylic oxidation sites excluding steroid dienone is 1. The molecule has 1 aliphatic heterocycles. The molecule has 13 heavy (non-hydrogen) atoms. The van der Waals surface area contributed by atoms with Gasteiger partial charge in [-0.05, 0) is 38.4 Å². The van der Waals surface area contributed by atoms with E-state index in [4.69, 9.17) is 0 Å². The molecule has 2 atom stereocenters. The highest BCUT2D eigenvalue weighted by Crippen LogP contribution is 2.25. The van der Waals surface area contributed by atoms with Gasteiger partial charge in [-0.1, -0.05) is 6.08 Å². The van der Waals surface area contributed by atoms with Crippen LogP contribution in [0.3, 0.4) is 0 Å². The van der Waals surface area contributed by atoms with Gasteiger partial charge in [0.15, 0.2) is 0 Å². The fourth-order valence-corrected chi connectivity index (χ4v) is 2.82. The summed E-state index contributed by atoms with van der Waals surface area (Å²) in [5, 5.41) is 4.47. The third-order valence-corrected chi connectivity index (χ3v) is 3.92. The average Bonchev–Trinajstić information content (AvgIpc) is 2.64. The third kappa shape index (κ3) is 4.72. The molecule has 0 aromatic carbocycles. The Morgan fingerprint density at radius 1 is 1.69 bits per heavy atom. The van der Waals surface area contributed by atoms with Crippen LogP contribution in [-0.4, -0.2) is 23.6 Å². The van der Waals surface area contributed by atoms with E-state index in [0.29, 0.717) is 6.04 Å². The van der Waals surface area contributed by atoms with Gasteiger partial charge in [-0.2, -0.15) is 11.8 Å². The number of nitrogens with one attached hydrogen (secondary N) is 1. The summed E-state index contributed by atoms with van der Waals surface area (Å²) in [5.74, 6) is 1.37. The Kier molecular flexibility index (Phi) is 5.56. The summed E-state index contributed by atoms with van der Waals surface area (Å²) in [6, 6.07) is 0.652. The molecule has 0 aromatic heterocycles. The Labute approximate surface area is 86.4 Å². The molecule has 1 saturated heterocycles. The van der Waals surface area contributed by atoms with Gasteiger partial charge in [0.05, 0.1) is 0 Å². The fourth-order valence-electron chi connectivity index (χ4n) is 1.61. The largest absolute Gasteiger partial charge is 0.313 e. The summed E-state index contributed by atoms with van der Waals surface area (Å²) < 4.78 is 0. The summed E-state index contributed by atoms with van der Waals surface area (Å²) in [6.45, 7) is 7.20. The zero-order chi connectivity index (χ0) is 9.52. The molecule has 1 fully saturated rings. The molecule has 0 spiro atoms. The molecule has 2 unspecified atom stereocenters. The van der Waals surface area contributed by atoms with E-state index >= 15 is 0 Å². The quantitative estimate of drug-likeness (QED) is 0.660. The molecule has 0 aromatic rings. The van der Waals surface area contributed by atoms with Gasteiger partial charge in [0, 0.05) is 17.8 Å². The molecular formula is C11H21NS. The lowest BCUT2D eigenvalue weighted by atomic mass is 10.1. The highest BCUT2D eigenvalue weighted by atomic mass is 32.2. The van der Waals surface area contributed by atoms with Crippen molar-refractivity contribution in [1.29, 1.82) is 0 Å². The number of hydrogen-bond acceptors (Lipinski definition) is 2. The monoisotopic (exact) mass is 199 g/mol. The van der Waals surface area contributed by atoms with Crippen LogP contribution in [0.1, 0.15) is 32.6 Å². The maximum atomic E-state index is 3.74. The van der Waals surface area contributed by atoms with Crippen LogP contribution >= 0.6 is 11.8 Å². The lowest BCUT2D eigenvalue weighted by molar-refractivity contribution is 0.511. The Morgan fingerprint density at radius 3 is 3.15 bits per heavy atom. The Hall–Kier alpha value is 0.0500. The minimum Gasteiger partial charge on any atom is -0.313 e. The van der Waals surface area contributed by atoms with Crippen molar-refractivity contribution < 1.29 is 0 Å². The van der Waals surface area contributed by atoms with E-state index in [1.165, 1.54) is 31.6 Å². The SMILES string of the molecule is C=CCCC(C)NCC1CCCS1. The molecule has 0 amide bonds. The van der Waals surface area contributed by atoms with Crippen LogP contribution in [0, 0.1) is 0 Å². The molecule has 1 N–H and O–H groups in total. The summed E-state index contributed by atoms with van der Waals surface area (Å²) in [6.07, 6.45) is 7.18. The topological polar surface area (TPSA) is 12.0 Å². The van der Waals surface area contributed by atoms with E-state index in [2.05, 4.69) is 30.6 Å². The molecule has 1 nitrogen and oxygen atoms in total. The van der Waals surface area contributed by atoms with Gasteiger partial charge in [-0.3, -0.25) is 0 Å². The number of thioether (sulfide) groups is 1. The lowest BCUT2D eigenvalue weighted by Crippen LogP contribution is -2.31. The van der Waals surface area contributed by atoms with Crippen molar-refractivity contribution in [2.75, 3.05) is 12.3 Å². The number of hydrogen-bond donors (Lipinski definition) is 1. The second kappa shape index (κ2) is 6.50. The van der Waals surface area contributed by atoms with Gasteiger partial charge in [-0.15, -0.1) is 6.58 Å². The standard InChI is InChI=1S/C11H21NS/c1-3-4-6-10(2)12-9-11-7-5-8-13-11/h3,10-12H,1,4-9H2,2H3. The van der Waals surface area contributed by atoms with Gasteiger partial charge in [-0.25, -0.2) is 0 Å². The zero-order valence-electron chi connectivity index (χ0n) is 8.59. The first kappa shape index (κ1) is 11.1. The molecule has 0 aliphatic carbocycles. The van der Waals surface area contributed by atoms with Crippen LogP contribution in [0.2, 0.25) is 0 Å². The summed E-state index contributed by atoms with van der Waals surface area (Å²) in [5.41, 5.74) is 0. The molecule has 76 valence electrons. The van der Waals surface area contributed by atoms with Crippen LogP contribution in [0.5, 0.6) is 0 Å². The summed E-state index contributed by atoms with van der Waals surface area (Å²) in [4.78, 5) is 0. The smallest absolute Gasteiger partial charge is 0.0172 e. The van der Waals surface area contributed by atoms with E-state index in [1.807, 2.05) is 6.08 Å². The van der Waals surface area contributed by atoms with Crippen LogP contribution in [-0.2, 0) is 0 Å². The van der Waals surface area contributed by atoms with E-state index in [-0.39, 0.29) is 0 Å².